The normalized spacial score (nSPS) is 12.8. The van der Waals surface area contributed by atoms with Gasteiger partial charge in [-0.1, -0.05) is 12.1 Å². The van der Waals surface area contributed by atoms with Gasteiger partial charge < -0.3 is 0 Å². The fourth-order valence-corrected chi connectivity index (χ4v) is 3.10. The number of nitro groups is 1. The molecule has 116 valence electrons. The number of sulfonamides is 1. The van der Waals surface area contributed by atoms with Crippen molar-refractivity contribution in [1.82, 2.24) is 4.72 Å². The second-order valence-corrected chi connectivity index (χ2v) is 6.36. The summed E-state index contributed by atoms with van der Waals surface area (Å²) in [5.74, 6) is -0.408. The number of hydrogen-bond acceptors (Lipinski definition) is 4. The maximum atomic E-state index is 12.9. The number of halogens is 1. The number of nitro benzene ring substituents is 1. The third-order valence-electron chi connectivity index (χ3n) is 3.06. The highest BCUT2D eigenvalue weighted by Crippen LogP contribution is 2.19. The minimum Gasteiger partial charge on any atom is -0.258 e. The molecule has 1 N–H and O–H groups in total. The molecule has 0 heterocycles. The maximum Gasteiger partial charge on any atom is 0.269 e. The summed E-state index contributed by atoms with van der Waals surface area (Å²) in [6.45, 7) is 1.62. The van der Waals surface area contributed by atoms with Crippen molar-refractivity contribution < 1.29 is 17.7 Å². The Kier molecular flexibility index (Phi) is 4.53. The lowest BCUT2D eigenvalue weighted by atomic mass is 10.1. The molecule has 0 unspecified atom stereocenters. The summed E-state index contributed by atoms with van der Waals surface area (Å²) in [6.07, 6.45) is 0. The highest BCUT2D eigenvalue weighted by molar-refractivity contribution is 7.89. The summed E-state index contributed by atoms with van der Waals surface area (Å²) in [7, 11) is -3.83. The van der Waals surface area contributed by atoms with E-state index < -0.39 is 26.8 Å². The number of non-ortho nitro benzene ring substituents is 1. The molecule has 0 aliphatic rings. The van der Waals surface area contributed by atoms with Gasteiger partial charge in [0.15, 0.2) is 0 Å². The van der Waals surface area contributed by atoms with Crippen molar-refractivity contribution in [3.05, 3.63) is 70.0 Å². The standard InChI is InChI=1S/C14H13FN2O4S/c1-10(11-2-4-12(15)5-3-11)16-22(20,21)14-8-6-13(7-9-14)17(18)19/h2-10,16H,1H3/t10-/m1/s1. The maximum absolute atomic E-state index is 12.9. The summed E-state index contributed by atoms with van der Waals surface area (Å²) < 4.78 is 39.7. The van der Waals surface area contributed by atoms with Gasteiger partial charge >= 0.3 is 0 Å². The van der Waals surface area contributed by atoms with E-state index in [2.05, 4.69) is 4.72 Å². The molecule has 6 nitrogen and oxygen atoms in total. The van der Waals surface area contributed by atoms with Crippen LogP contribution in [-0.4, -0.2) is 13.3 Å². The zero-order chi connectivity index (χ0) is 16.3. The molecule has 0 spiro atoms. The Balaban J connectivity index is 2.19. The third kappa shape index (κ3) is 3.66. The van der Waals surface area contributed by atoms with Crippen LogP contribution in [0.4, 0.5) is 10.1 Å². The van der Waals surface area contributed by atoms with E-state index >= 15 is 0 Å². The molecule has 8 heteroatoms. The topological polar surface area (TPSA) is 89.3 Å². The fraction of sp³-hybridized carbons (Fsp3) is 0.143. The lowest BCUT2D eigenvalue weighted by Gasteiger charge is -2.14. The lowest BCUT2D eigenvalue weighted by Crippen LogP contribution is -2.26. The Morgan fingerprint density at radius 2 is 1.64 bits per heavy atom. The van der Waals surface area contributed by atoms with Crippen LogP contribution in [-0.2, 0) is 10.0 Å². The average Bonchev–Trinajstić information content (AvgIpc) is 2.47. The largest absolute Gasteiger partial charge is 0.269 e. The van der Waals surface area contributed by atoms with E-state index in [4.69, 9.17) is 0 Å². The van der Waals surface area contributed by atoms with Crippen LogP contribution in [0.5, 0.6) is 0 Å². The van der Waals surface area contributed by atoms with Gasteiger partial charge in [-0.25, -0.2) is 17.5 Å². The molecule has 2 aromatic carbocycles. The van der Waals surface area contributed by atoms with Crippen LogP contribution in [0.2, 0.25) is 0 Å². The number of hydrogen-bond donors (Lipinski definition) is 1. The van der Waals surface area contributed by atoms with Crippen molar-refractivity contribution in [1.29, 1.82) is 0 Å². The molecule has 0 radical (unpaired) electrons. The molecular formula is C14H13FN2O4S. The molecule has 0 aromatic heterocycles. The zero-order valence-corrected chi connectivity index (χ0v) is 12.4. The fourth-order valence-electron chi connectivity index (χ4n) is 1.87. The Morgan fingerprint density at radius 3 is 2.14 bits per heavy atom. The van der Waals surface area contributed by atoms with Gasteiger partial charge in [-0.3, -0.25) is 10.1 Å². The Morgan fingerprint density at radius 1 is 1.09 bits per heavy atom. The van der Waals surface area contributed by atoms with Crippen LogP contribution in [0.15, 0.2) is 53.4 Å². The molecule has 0 aliphatic carbocycles. The van der Waals surface area contributed by atoms with Gasteiger partial charge in [0.05, 0.1) is 9.82 Å². The minimum atomic E-state index is -3.83. The average molecular weight is 324 g/mol. The van der Waals surface area contributed by atoms with Gasteiger partial charge in [0.1, 0.15) is 5.82 Å². The molecule has 2 rings (SSSR count). The SMILES string of the molecule is C[C@@H](NS(=O)(=O)c1ccc([N+](=O)[O-])cc1)c1ccc(F)cc1. The first-order valence-electron chi connectivity index (χ1n) is 6.32. The number of nitrogens with one attached hydrogen (secondary N) is 1. The van der Waals surface area contributed by atoms with Gasteiger partial charge in [0.25, 0.3) is 5.69 Å². The number of nitrogens with zero attached hydrogens (tertiary/aromatic N) is 1. The quantitative estimate of drug-likeness (QED) is 0.676. The molecule has 0 bridgehead atoms. The van der Waals surface area contributed by atoms with Gasteiger partial charge in [0.2, 0.25) is 10.0 Å². The summed E-state index contributed by atoms with van der Waals surface area (Å²) in [5, 5.41) is 10.6. The van der Waals surface area contributed by atoms with Gasteiger partial charge in [-0.15, -0.1) is 0 Å². The molecule has 0 amide bonds. The summed E-state index contributed by atoms with van der Waals surface area (Å²) in [6, 6.07) is 9.46. The van der Waals surface area contributed by atoms with E-state index in [1.54, 1.807) is 6.92 Å². The van der Waals surface area contributed by atoms with Gasteiger partial charge in [0, 0.05) is 18.2 Å². The minimum absolute atomic E-state index is 0.0768. The lowest BCUT2D eigenvalue weighted by molar-refractivity contribution is -0.384. The van der Waals surface area contributed by atoms with Crippen LogP contribution in [0.1, 0.15) is 18.5 Å². The van der Waals surface area contributed by atoms with Crippen molar-refractivity contribution in [2.24, 2.45) is 0 Å². The number of benzene rings is 2. The first-order valence-corrected chi connectivity index (χ1v) is 7.80. The third-order valence-corrected chi connectivity index (χ3v) is 4.62. The zero-order valence-electron chi connectivity index (χ0n) is 11.6. The van der Waals surface area contributed by atoms with Crippen LogP contribution in [0, 0.1) is 15.9 Å². The van der Waals surface area contributed by atoms with Crippen molar-refractivity contribution in [3.63, 3.8) is 0 Å². The molecule has 0 fully saturated rings. The predicted octanol–water partition coefficient (Wildman–Crippen LogP) is 2.77. The van der Waals surface area contributed by atoms with E-state index in [1.165, 1.54) is 24.3 Å². The Hall–Kier alpha value is -2.32. The molecule has 1 atom stereocenters. The van der Waals surface area contributed by atoms with Crippen LogP contribution in [0.3, 0.4) is 0 Å². The Bertz CT molecular complexity index is 773. The molecule has 22 heavy (non-hydrogen) atoms. The molecule has 0 saturated carbocycles. The van der Waals surface area contributed by atoms with Crippen molar-refractivity contribution >= 4 is 15.7 Å². The van der Waals surface area contributed by atoms with Crippen molar-refractivity contribution in [2.45, 2.75) is 17.9 Å². The summed E-state index contributed by atoms with van der Waals surface area (Å²) >= 11 is 0. The number of rotatable bonds is 5. The highest BCUT2D eigenvalue weighted by Gasteiger charge is 2.19. The van der Waals surface area contributed by atoms with Crippen LogP contribution in [0.25, 0.3) is 0 Å². The van der Waals surface area contributed by atoms with Crippen molar-refractivity contribution in [3.8, 4) is 0 Å². The molecule has 2 aromatic rings. The Labute approximate surface area is 126 Å². The smallest absolute Gasteiger partial charge is 0.258 e. The first kappa shape index (κ1) is 16.1. The monoisotopic (exact) mass is 324 g/mol. The highest BCUT2D eigenvalue weighted by atomic mass is 32.2. The van der Waals surface area contributed by atoms with E-state index in [1.807, 2.05) is 0 Å². The van der Waals surface area contributed by atoms with Gasteiger partial charge in [-0.05, 0) is 36.8 Å². The summed E-state index contributed by atoms with van der Waals surface area (Å²) in [4.78, 5) is 9.88. The molecular weight excluding hydrogens is 311 g/mol. The van der Waals surface area contributed by atoms with Crippen LogP contribution >= 0.6 is 0 Å². The van der Waals surface area contributed by atoms with E-state index in [9.17, 15) is 22.9 Å². The van der Waals surface area contributed by atoms with E-state index in [0.29, 0.717) is 5.56 Å². The second-order valence-electron chi connectivity index (χ2n) is 4.65. The molecule has 0 saturated heterocycles. The second kappa shape index (κ2) is 6.20. The van der Waals surface area contributed by atoms with Crippen LogP contribution < -0.4 is 4.72 Å². The summed E-state index contributed by atoms with van der Waals surface area (Å²) in [5.41, 5.74) is 0.414. The van der Waals surface area contributed by atoms with Crippen molar-refractivity contribution in [2.75, 3.05) is 0 Å². The first-order chi connectivity index (χ1) is 10.3. The van der Waals surface area contributed by atoms with Gasteiger partial charge in [-0.2, -0.15) is 0 Å². The van der Waals surface area contributed by atoms with E-state index in [0.717, 1.165) is 24.3 Å². The molecule has 0 aliphatic heterocycles. The predicted molar refractivity (Wildman–Crippen MR) is 78.2 cm³/mol. The van der Waals surface area contributed by atoms with E-state index in [-0.39, 0.29) is 10.6 Å².